The van der Waals surface area contributed by atoms with Gasteiger partial charge < -0.3 is 10.7 Å². The van der Waals surface area contributed by atoms with Crippen molar-refractivity contribution in [1.29, 1.82) is 0 Å². The average molecular weight is 559 g/mol. The maximum Gasteiger partial charge on any atom is 0.253 e. The van der Waals surface area contributed by atoms with E-state index in [-0.39, 0.29) is 5.56 Å². The van der Waals surface area contributed by atoms with E-state index in [0.29, 0.717) is 29.4 Å². The van der Waals surface area contributed by atoms with E-state index in [2.05, 4.69) is 72.5 Å². The number of H-pyrrole nitrogens is 2. The van der Waals surface area contributed by atoms with Gasteiger partial charge in [0.1, 0.15) is 11.5 Å². The number of pyridine rings is 1. The SMILES string of the molecule is CC=N/C(=C\N)c1n[nH]c(C2CCN(Cc3ccc(C4=Nc5cc[nH]c(=O)c5CC=C4c4ccccc4)cc3)CC2)n1. The van der Waals surface area contributed by atoms with Crippen LogP contribution in [0.25, 0.3) is 11.3 Å². The molecule has 42 heavy (non-hydrogen) atoms. The zero-order valence-corrected chi connectivity index (χ0v) is 23.6. The van der Waals surface area contributed by atoms with E-state index < -0.39 is 0 Å². The lowest BCUT2D eigenvalue weighted by atomic mass is 9.94. The van der Waals surface area contributed by atoms with Gasteiger partial charge in [-0.1, -0.05) is 60.7 Å². The molecule has 9 heteroatoms. The molecular formula is C33H34N8O. The van der Waals surface area contributed by atoms with Crippen LogP contribution in [-0.2, 0) is 13.0 Å². The summed E-state index contributed by atoms with van der Waals surface area (Å²) >= 11 is 0. The minimum absolute atomic E-state index is 0.0909. The van der Waals surface area contributed by atoms with Crippen LogP contribution in [0, 0.1) is 0 Å². The summed E-state index contributed by atoms with van der Waals surface area (Å²) in [4.78, 5) is 31.7. The Bertz CT molecular complexity index is 1720. The van der Waals surface area contributed by atoms with Crippen LogP contribution >= 0.6 is 0 Å². The Labute approximate surface area is 244 Å². The number of benzene rings is 2. The molecule has 2 aliphatic heterocycles. The fourth-order valence-corrected chi connectivity index (χ4v) is 5.65. The zero-order chi connectivity index (χ0) is 28.9. The molecule has 0 atom stereocenters. The number of nitrogens with one attached hydrogen (secondary N) is 2. The van der Waals surface area contributed by atoms with Crippen LogP contribution in [0.2, 0.25) is 0 Å². The maximum absolute atomic E-state index is 12.5. The van der Waals surface area contributed by atoms with Crippen molar-refractivity contribution in [1.82, 2.24) is 25.1 Å². The lowest BCUT2D eigenvalue weighted by molar-refractivity contribution is 0.202. The van der Waals surface area contributed by atoms with Crippen molar-refractivity contribution < 1.29 is 0 Å². The van der Waals surface area contributed by atoms with Gasteiger partial charge >= 0.3 is 0 Å². The van der Waals surface area contributed by atoms with Gasteiger partial charge in [0, 0.05) is 47.8 Å². The first-order valence-electron chi connectivity index (χ1n) is 14.3. The molecular weight excluding hydrogens is 524 g/mol. The molecule has 2 aromatic carbocycles. The molecule has 0 radical (unpaired) electrons. The minimum Gasteiger partial charge on any atom is -0.403 e. The summed E-state index contributed by atoms with van der Waals surface area (Å²) in [6, 6.07) is 20.8. The Hall–Kier alpha value is -4.89. The van der Waals surface area contributed by atoms with Gasteiger partial charge in [0.2, 0.25) is 5.82 Å². The van der Waals surface area contributed by atoms with Crippen LogP contribution in [0.1, 0.15) is 59.6 Å². The van der Waals surface area contributed by atoms with E-state index >= 15 is 0 Å². The van der Waals surface area contributed by atoms with Crippen LogP contribution < -0.4 is 11.3 Å². The fraction of sp³-hybridized carbons (Fsp3) is 0.242. The highest BCUT2D eigenvalue weighted by atomic mass is 16.1. The zero-order valence-electron chi connectivity index (χ0n) is 23.6. The third-order valence-electron chi connectivity index (χ3n) is 7.89. The fourth-order valence-electron chi connectivity index (χ4n) is 5.65. The molecule has 0 amide bonds. The molecule has 2 aromatic heterocycles. The number of piperidine rings is 1. The number of fused-ring (bicyclic) bond motifs is 1. The van der Waals surface area contributed by atoms with E-state index in [4.69, 9.17) is 10.7 Å². The van der Waals surface area contributed by atoms with Crippen molar-refractivity contribution >= 4 is 28.9 Å². The number of allylic oxidation sites excluding steroid dienone is 2. The predicted molar refractivity (Wildman–Crippen MR) is 168 cm³/mol. The quantitative estimate of drug-likeness (QED) is 0.276. The predicted octanol–water partition coefficient (Wildman–Crippen LogP) is 4.98. The van der Waals surface area contributed by atoms with E-state index in [1.165, 1.54) is 11.8 Å². The first-order valence-corrected chi connectivity index (χ1v) is 14.3. The van der Waals surface area contributed by atoms with Gasteiger partial charge in [-0.15, -0.1) is 0 Å². The molecule has 2 aliphatic rings. The topological polar surface area (TPSA) is 128 Å². The molecule has 6 rings (SSSR count). The third kappa shape index (κ3) is 5.77. The summed E-state index contributed by atoms with van der Waals surface area (Å²) in [6.07, 6.45) is 9.45. The number of hydrogen-bond acceptors (Lipinski definition) is 7. The largest absolute Gasteiger partial charge is 0.403 e. The number of nitrogens with two attached hydrogens (primary N) is 1. The summed E-state index contributed by atoms with van der Waals surface area (Å²) in [5, 5.41) is 7.41. The highest BCUT2D eigenvalue weighted by molar-refractivity contribution is 6.32. The summed E-state index contributed by atoms with van der Waals surface area (Å²) in [7, 11) is 0. The molecule has 4 aromatic rings. The second-order valence-electron chi connectivity index (χ2n) is 10.5. The van der Waals surface area contributed by atoms with Crippen LogP contribution in [0.15, 0.2) is 93.9 Å². The number of rotatable bonds is 7. The Morgan fingerprint density at radius 1 is 1.07 bits per heavy atom. The first kappa shape index (κ1) is 27.3. The first-order chi connectivity index (χ1) is 20.6. The summed E-state index contributed by atoms with van der Waals surface area (Å²) in [6.45, 7) is 4.68. The highest BCUT2D eigenvalue weighted by Gasteiger charge is 2.24. The van der Waals surface area contributed by atoms with Crippen molar-refractivity contribution in [2.45, 2.75) is 38.6 Å². The Balaban J connectivity index is 1.16. The molecule has 4 heterocycles. The van der Waals surface area contributed by atoms with Crippen LogP contribution in [0.3, 0.4) is 0 Å². The number of hydrogen-bond donors (Lipinski definition) is 3. The van der Waals surface area contributed by atoms with Gasteiger partial charge in [-0.25, -0.2) is 9.98 Å². The minimum atomic E-state index is -0.0909. The monoisotopic (exact) mass is 558 g/mol. The van der Waals surface area contributed by atoms with Gasteiger partial charge in [-0.2, -0.15) is 5.10 Å². The molecule has 0 spiro atoms. The van der Waals surface area contributed by atoms with Crippen LogP contribution in [-0.4, -0.2) is 50.1 Å². The average Bonchev–Trinajstić information content (AvgIpc) is 3.43. The standard InChI is InChI=1S/C33H34N8O/c1-2-35-29(20-34)32-38-31(39-40-32)25-15-18-41(19-16-25)21-22-8-10-24(11-9-22)30-26(23-6-4-3-5-7-23)12-13-27-28(37-30)14-17-36-33(27)42/h2-12,14,17,20,25H,13,15-16,18-19,21,34H2,1H3,(H,36,42)(H,38,39,40)/b29-20-,35-2?. The molecule has 1 fully saturated rings. The van der Waals surface area contributed by atoms with Gasteiger partial charge in [-0.3, -0.25) is 19.8 Å². The van der Waals surface area contributed by atoms with Crippen molar-refractivity contribution in [3.05, 3.63) is 123 Å². The second-order valence-corrected chi connectivity index (χ2v) is 10.5. The van der Waals surface area contributed by atoms with Crippen molar-refractivity contribution in [3.63, 3.8) is 0 Å². The summed E-state index contributed by atoms with van der Waals surface area (Å²) in [5.74, 6) is 1.77. The van der Waals surface area contributed by atoms with E-state index in [9.17, 15) is 4.79 Å². The molecule has 4 N–H and O–H groups in total. The smallest absolute Gasteiger partial charge is 0.253 e. The number of aromatic nitrogens is 4. The molecule has 212 valence electrons. The number of aliphatic imine (C=N–C) groups is 2. The van der Waals surface area contributed by atoms with Crippen LogP contribution in [0.4, 0.5) is 5.69 Å². The van der Waals surface area contributed by atoms with Crippen molar-refractivity contribution in [3.8, 4) is 0 Å². The lowest BCUT2D eigenvalue weighted by Gasteiger charge is -2.31. The lowest BCUT2D eigenvalue weighted by Crippen LogP contribution is -2.32. The Morgan fingerprint density at radius 2 is 1.86 bits per heavy atom. The molecule has 0 aliphatic carbocycles. The molecule has 0 unspecified atom stereocenters. The second kappa shape index (κ2) is 12.3. The van der Waals surface area contributed by atoms with E-state index in [1.54, 1.807) is 12.4 Å². The number of likely N-dealkylation sites (tertiary alicyclic amines) is 1. The molecule has 0 saturated carbocycles. The van der Waals surface area contributed by atoms with Crippen molar-refractivity contribution in [2.75, 3.05) is 13.1 Å². The van der Waals surface area contributed by atoms with Gasteiger partial charge in [0.05, 0.1) is 11.4 Å². The molecule has 9 nitrogen and oxygen atoms in total. The molecule has 0 bridgehead atoms. The molecule has 1 saturated heterocycles. The normalized spacial score (nSPS) is 16.6. The van der Waals surface area contributed by atoms with Gasteiger partial charge in [0.15, 0.2) is 0 Å². The highest BCUT2D eigenvalue weighted by Crippen LogP contribution is 2.30. The van der Waals surface area contributed by atoms with Gasteiger partial charge in [0.25, 0.3) is 5.56 Å². The van der Waals surface area contributed by atoms with Gasteiger partial charge in [-0.05, 0) is 56.5 Å². The Kier molecular flexibility index (Phi) is 8.00. The maximum atomic E-state index is 12.5. The number of nitrogens with zero attached hydrogens (tertiary/aromatic N) is 5. The van der Waals surface area contributed by atoms with Crippen LogP contribution in [0.5, 0.6) is 0 Å². The summed E-state index contributed by atoms with van der Waals surface area (Å²) < 4.78 is 0. The Morgan fingerprint density at radius 3 is 2.60 bits per heavy atom. The third-order valence-corrected chi connectivity index (χ3v) is 7.89. The number of aromatic amines is 2. The van der Waals surface area contributed by atoms with Crippen molar-refractivity contribution in [2.24, 2.45) is 15.7 Å². The van der Waals surface area contributed by atoms with E-state index in [0.717, 1.165) is 66.4 Å². The summed E-state index contributed by atoms with van der Waals surface area (Å²) in [5.41, 5.74) is 12.8. The van der Waals surface area contributed by atoms with E-state index in [1.807, 2.05) is 31.2 Å².